The number of aryl methyl sites for hydroxylation is 1. The van der Waals surface area contributed by atoms with E-state index >= 15 is 0 Å². The standard InChI is InChI=1S/C14H24N2O2/c1-4-13-12(6-9-18-13)14(17)16(8-5-7-15)10-11(2)3/h6,9,11H,4-5,7-8,10,15H2,1-3H3. The second kappa shape index (κ2) is 7.21. The van der Waals surface area contributed by atoms with Gasteiger partial charge in [-0.3, -0.25) is 4.79 Å². The first-order valence-corrected chi connectivity index (χ1v) is 6.65. The molecule has 102 valence electrons. The average molecular weight is 252 g/mol. The van der Waals surface area contributed by atoms with E-state index in [0.717, 1.165) is 25.1 Å². The van der Waals surface area contributed by atoms with Gasteiger partial charge in [-0.05, 0) is 24.9 Å². The zero-order chi connectivity index (χ0) is 13.5. The minimum atomic E-state index is 0.0581. The zero-order valence-corrected chi connectivity index (χ0v) is 11.6. The summed E-state index contributed by atoms with van der Waals surface area (Å²) in [6.45, 7) is 8.28. The maximum atomic E-state index is 12.5. The van der Waals surface area contributed by atoms with Crippen LogP contribution in [0.4, 0.5) is 0 Å². The number of hydrogen-bond donors (Lipinski definition) is 1. The molecule has 0 bridgehead atoms. The third-order valence-corrected chi connectivity index (χ3v) is 2.80. The molecule has 0 saturated carbocycles. The van der Waals surface area contributed by atoms with E-state index in [0.29, 0.717) is 24.6 Å². The van der Waals surface area contributed by atoms with Gasteiger partial charge in [0.25, 0.3) is 5.91 Å². The monoisotopic (exact) mass is 252 g/mol. The molecule has 18 heavy (non-hydrogen) atoms. The Morgan fingerprint density at radius 1 is 1.50 bits per heavy atom. The van der Waals surface area contributed by atoms with E-state index in [2.05, 4.69) is 13.8 Å². The second-order valence-electron chi connectivity index (χ2n) is 4.90. The van der Waals surface area contributed by atoms with Crippen LogP contribution in [0.3, 0.4) is 0 Å². The van der Waals surface area contributed by atoms with Crippen molar-refractivity contribution in [1.82, 2.24) is 4.90 Å². The third kappa shape index (κ3) is 3.88. The molecular formula is C14H24N2O2. The lowest BCUT2D eigenvalue weighted by atomic mass is 10.1. The van der Waals surface area contributed by atoms with Gasteiger partial charge in [0.2, 0.25) is 0 Å². The van der Waals surface area contributed by atoms with Crippen LogP contribution < -0.4 is 5.73 Å². The highest BCUT2D eigenvalue weighted by atomic mass is 16.3. The molecule has 1 amide bonds. The molecule has 0 radical (unpaired) electrons. The highest BCUT2D eigenvalue weighted by Crippen LogP contribution is 2.15. The van der Waals surface area contributed by atoms with E-state index in [4.69, 9.17) is 10.2 Å². The van der Waals surface area contributed by atoms with Crippen molar-refractivity contribution in [3.63, 3.8) is 0 Å². The van der Waals surface area contributed by atoms with Crippen molar-refractivity contribution in [1.29, 1.82) is 0 Å². The Morgan fingerprint density at radius 3 is 2.78 bits per heavy atom. The molecule has 4 nitrogen and oxygen atoms in total. The lowest BCUT2D eigenvalue weighted by Crippen LogP contribution is -2.36. The largest absolute Gasteiger partial charge is 0.469 e. The Balaban J connectivity index is 2.80. The molecule has 1 rings (SSSR count). The van der Waals surface area contributed by atoms with Crippen molar-refractivity contribution in [2.45, 2.75) is 33.6 Å². The Morgan fingerprint density at radius 2 is 2.22 bits per heavy atom. The van der Waals surface area contributed by atoms with Crippen molar-refractivity contribution >= 4 is 5.91 Å². The van der Waals surface area contributed by atoms with E-state index in [1.165, 1.54) is 0 Å². The fourth-order valence-corrected chi connectivity index (χ4v) is 1.97. The second-order valence-corrected chi connectivity index (χ2v) is 4.90. The third-order valence-electron chi connectivity index (χ3n) is 2.80. The lowest BCUT2D eigenvalue weighted by Gasteiger charge is -2.24. The van der Waals surface area contributed by atoms with Crippen molar-refractivity contribution in [3.05, 3.63) is 23.7 Å². The minimum Gasteiger partial charge on any atom is -0.469 e. The number of carbonyl (C=O) groups excluding carboxylic acids is 1. The Hall–Kier alpha value is -1.29. The highest BCUT2D eigenvalue weighted by Gasteiger charge is 2.20. The van der Waals surface area contributed by atoms with Gasteiger partial charge in [-0.15, -0.1) is 0 Å². The summed E-state index contributed by atoms with van der Waals surface area (Å²) in [6.07, 6.45) is 3.15. The summed E-state index contributed by atoms with van der Waals surface area (Å²) in [5.74, 6) is 1.27. The molecule has 0 spiro atoms. The molecule has 0 fully saturated rings. The normalized spacial score (nSPS) is 10.9. The SMILES string of the molecule is CCc1occc1C(=O)N(CCCN)CC(C)C. The average Bonchev–Trinajstić information content (AvgIpc) is 2.81. The number of carbonyl (C=O) groups is 1. The molecule has 1 heterocycles. The van der Waals surface area contributed by atoms with Gasteiger partial charge >= 0.3 is 0 Å². The number of nitrogens with zero attached hydrogens (tertiary/aromatic N) is 1. The summed E-state index contributed by atoms with van der Waals surface area (Å²) in [7, 11) is 0. The van der Waals surface area contributed by atoms with Crippen LogP contribution in [-0.2, 0) is 6.42 Å². The van der Waals surface area contributed by atoms with Gasteiger partial charge in [-0.1, -0.05) is 20.8 Å². The first kappa shape index (κ1) is 14.8. The van der Waals surface area contributed by atoms with Gasteiger partial charge in [0.05, 0.1) is 11.8 Å². The van der Waals surface area contributed by atoms with Crippen LogP contribution in [0.1, 0.15) is 43.3 Å². The van der Waals surface area contributed by atoms with Crippen LogP contribution in [-0.4, -0.2) is 30.4 Å². The molecule has 0 saturated heterocycles. The summed E-state index contributed by atoms with van der Waals surface area (Å²) < 4.78 is 5.32. The summed E-state index contributed by atoms with van der Waals surface area (Å²) in [6, 6.07) is 1.76. The van der Waals surface area contributed by atoms with E-state index in [9.17, 15) is 4.79 Å². The fraction of sp³-hybridized carbons (Fsp3) is 0.643. The van der Waals surface area contributed by atoms with E-state index in [-0.39, 0.29) is 5.91 Å². The fourth-order valence-electron chi connectivity index (χ4n) is 1.97. The van der Waals surface area contributed by atoms with Crippen LogP contribution in [0.15, 0.2) is 16.7 Å². The molecule has 0 aliphatic heterocycles. The van der Waals surface area contributed by atoms with Gasteiger partial charge in [-0.2, -0.15) is 0 Å². The number of hydrogen-bond acceptors (Lipinski definition) is 3. The molecule has 0 aromatic carbocycles. The first-order chi connectivity index (χ1) is 8.60. The Bertz CT molecular complexity index is 372. The molecule has 0 atom stereocenters. The van der Waals surface area contributed by atoms with Crippen LogP contribution >= 0.6 is 0 Å². The lowest BCUT2D eigenvalue weighted by molar-refractivity contribution is 0.0733. The zero-order valence-electron chi connectivity index (χ0n) is 11.6. The molecule has 1 aromatic heterocycles. The number of amides is 1. The Labute approximate surface area is 109 Å². The smallest absolute Gasteiger partial charge is 0.257 e. The van der Waals surface area contributed by atoms with Crippen molar-refractivity contribution < 1.29 is 9.21 Å². The molecule has 0 aliphatic carbocycles. The number of rotatable bonds is 7. The van der Waals surface area contributed by atoms with Crippen LogP contribution in [0, 0.1) is 5.92 Å². The maximum Gasteiger partial charge on any atom is 0.257 e. The van der Waals surface area contributed by atoms with E-state index in [1.54, 1.807) is 12.3 Å². The topological polar surface area (TPSA) is 59.5 Å². The van der Waals surface area contributed by atoms with Gasteiger partial charge in [0.15, 0.2) is 0 Å². The van der Waals surface area contributed by atoms with Gasteiger partial charge in [-0.25, -0.2) is 0 Å². The molecule has 4 heteroatoms. The van der Waals surface area contributed by atoms with Crippen molar-refractivity contribution in [2.75, 3.05) is 19.6 Å². The summed E-state index contributed by atoms with van der Waals surface area (Å²) in [5.41, 5.74) is 6.22. The quantitative estimate of drug-likeness (QED) is 0.810. The molecule has 0 unspecified atom stereocenters. The van der Waals surface area contributed by atoms with Gasteiger partial charge in [0.1, 0.15) is 5.76 Å². The number of nitrogens with two attached hydrogens (primary N) is 1. The van der Waals surface area contributed by atoms with Crippen molar-refractivity contribution in [3.8, 4) is 0 Å². The van der Waals surface area contributed by atoms with Crippen molar-refractivity contribution in [2.24, 2.45) is 11.7 Å². The Kier molecular flexibility index (Phi) is 5.92. The minimum absolute atomic E-state index is 0.0581. The molecule has 2 N–H and O–H groups in total. The summed E-state index contributed by atoms with van der Waals surface area (Å²) in [4.78, 5) is 14.3. The molecular weight excluding hydrogens is 228 g/mol. The molecule has 0 aliphatic rings. The van der Waals surface area contributed by atoms with Gasteiger partial charge in [0, 0.05) is 19.5 Å². The highest BCUT2D eigenvalue weighted by molar-refractivity contribution is 5.95. The maximum absolute atomic E-state index is 12.5. The van der Waals surface area contributed by atoms with Crippen LogP contribution in [0.5, 0.6) is 0 Å². The summed E-state index contributed by atoms with van der Waals surface area (Å²) in [5, 5.41) is 0. The summed E-state index contributed by atoms with van der Waals surface area (Å²) >= 11 is 0. The molecule has 1 aromatic rings. The predicted molar refractivity (Wildman–Crippen MR) is 72.5 cm³/mol. The van der Waals surface area contributed by atoms with Crippen LogP contribution in [0.25, 0.3) is 0 Å². The van der Waals surface area contributed by atoms with E-state index in [1.807, 2.05) is 11.8 Å². The van der Waals surface area contributed by atoms with Crippen LogP contribution in [0.2, 0.25) is 0 Å². The van der Waals surface area contributed by atoms with E-state index < -0.39 is 0 Å². The first-order valence-electron chi connectivity index (χ1n) is 6.65. The predicted octanol–water partition coefficient (Wildman–Crippen LogP) is 2.29. The van der Waals surface area contributed by atoms with Gasteiger partial charge < -0.3 is 15.1 Å². The number of furan rings is 1.